The number of likely N-dealkylation sites (tertiary alicyclic amines) is 1. The van der Waals surface area contributed by atoms with E-state index >= 15 is 0 Å². The van der Waals surface area contributed by atoms with E-state index in [0.29, 0.717) is 0 Å². The lowest BCUT2D eigenvalue weighted by atomic mass is 10.3. The van der Waals surface area contributed by atoms with Gasteiger partial charge in [0.2, 0.25) is 5.91 Å². The molecule has 0 saturated carbocycles. The number of halogens is 2. The molecule has 1 amide bonds. The molecule has 0 aromatic heterocycles. The highest BCUT2D eigenvalue weighted by Gasteiger charge is 2.19. The highest BCUT2D eigenvalue weighted by atomic mass is 19.3. The van der Waals surface area contributed by atoms with Gasteiger partial charge in [-0.25, -0.2) is 8.78 Å². The van der Waals surface area contributed by atoms with Gasteiger partial charge in [0.25, 0.3) is 6.43 Å². The molecule has 1 saturated heterocycles. The third-order valence-corrected chi connectivity index (χ3v) is 2.38. The van der Waals surface area contributed by atoms with Gasteiger partial charge in [-0.15, -0.1) is 0 Å². The van der Waals surface area contributed by atoms with Gasteiger partial charge >= 0.3 is 0 Å². The van der Waals surface area contributed by atoms with Gasteiger partial charge in [0, 0.05) is 19.6 Å². The van der Waals surface area contributed by atoms with Crippen molar-refractivity contribution in [3.8, 4) is 0 Å². The number of aliphatic hydroxyl groups excluding tert-OH is 1. The standard InChI is InChI=1S/C9H16F2N2O2/c10-9(11)7(14)5-12-6-8(15)13-3-1-2-4-13/h7,9,12,14H,1-6H2. The smallest absolute Gasteiger partial charge is 0.265 e. The molecule has 1 aliphatic rings. The summed E-state index contributed by atoms with van der Waals surface area (Å²) in [5, 5.41) is 11.3. The van der Waals surface area contributed by atoms with Crippen LogP contribution in [0.5, 0.6) is 0 Å². The third kappa shape index (κ3) is 4.09. The zero-order chi connectivity index (χ0) is 11.3. The van der Waals surface area contributed by atoms with E-state index < -0.39 is 12.5 Å². The molecule has 0 aromatic carbocycles. The molecule has 0 radical (unpaired) electrons. The minimum Gasteiger partial charge on any atom is -0.386 e. The van der Waals surface area contributed by atoms with E-state index in [1.165, 1.54) is 0 Å². The first kappa shape index (κ1) is 12.3. The molecule has 1 atom stereocenters. The summed E-state index contributed by atoms with van der Waals surface area (Å²) in [6.07, 6.45) is -2.45. The monoisotopic (exact) mass is 222 g/mol. The molecule has 0 aromatic rings. The number of aliphatic hydroxyl groups is 1. The van der Waals surface area contributed by atoms with Crippen molar-refractivity contribution in [3.05, 3.63) is 0 Å². The van der Waals surface area contributed by atoms with E-state index in [1.54, 1.807) is 4.90 Å². The molecule has 15 heavy (non-hydrogen) atoms. The fourth-order valence-electron chi connectivity index (χ4n) is 1.49. The number of carbonyl (C=O) groups is 1. The molecule has 0 bridgehead atoms. The second-order valence-corrected chi connectivity index (χ2v) is 3.62. The summed E-state index contributed by atoms with van der Waals surface area (Å²) in [4.78, 5) is 13.1. The number of hydrogen-bond acceptors (Lipinski definition) is 3. The summed E-state index contributed by atoms with van der Waals surface area (Å²) in [6, 6.07) is 0. The molecule has 1 heterocycles. The molecule has 6 heteroatoms. The van der Waals surface area contributed by atoms with Crippen LogP contribution in [0, 0.1) is 0 Å². The first-order valence-electron chi connectivity index (χ1n) is 5.06. The highest BCUT2D eigenvalue weighted by Crippen LogP contribution is 2.06. The largest absolute Gasteiger partial charge is 0.386 e. The van der Waals surface area contributed by atoms with Crippen molar-refractivity contribution in [1.29, 1.82) is 0 Å². The normalized spacial score (nSPS) is 18.5. The Morgan fingerprint density at radius 2 is 2.00 bits per heavy atom. The summed E-state index contributed by atoms with van der Waals surface area (Å²) >= 11 is 0. The first-order chi connectivity index (χ1) is 7.11. The molecule has 0 spiro atoms. The van der Waals surface area contributed by atoms with Crippen molar-refractivity contribution in [2.45, 2.75) is 25.4 Å². The van der Waals surface area contributed by atoms with Crippen LogP contribution in [-0.4, -0.2) is 54.6 Å². The van der Waals surface area contributed by atoms with Crippen molar-refractivity contribution in [2.75, 3.05) is 26.2 Å². The van der Waals surface area contributed by atoms with E-state index in [2.05, 4.69) is 5.32 Å². The van der Waals surface area contributed by atoms with E-state index in [1.807, 2.05) is 0 Å². The van der Waals surface area contributed by atoms with Gasteiger partial charge in [-0.3, -0.25) is 4.79 Å². The summed E-state index contributed by atoms with van der Waals surface area (Å²) < 4.78 is 23.7. The van der Waals surface area contributed by atoms with Crippen LogP contribution in [0.15, 0.2) is 0 Å². The first-order valence-corrected chi connectivity index (χ1v) is 5.06. The molecular formula is C9H16F2N2O2. The minimum absolute atomic E-state index is 0.0176. The van der Waals surface area contributed by atoms with Gasteiger partial charge < -0.3 is 15.3 Å². The lowest BCUT2D eigenvalue weighted by Gasteiger charge is -2.16. The van der Waals surface area contributed by atoms with Crippen LogP contribution >= 0.6 is 0 Å². The Morgan fingerprint density at radius 1 is 1.40 bits per heavy atom. The van der Waals surface area contributed by atoms with Crippen molar-refractivity contribution >= 4 is 5.91 Å². The quantitative estimate of drug-likeness (QED) is 0.678. The highest BCUT2D eigenvalue weighted by molar-refractivity contribution is 5.78. The Labute approximate surface area is 87.2 Å². The molecule has 1 aliphatic heterocycles. The fourth-order valence-corrected chi connectivity index (χ4v) is 1.49. The maximum atomic E-state index is 11.9. The summed E-state index contributed by atoms with van der Waals surface area (Å²) in [7, 11) is 0. The maximum absolute atomic E-state index is 11.9. The topological polar surface area (TPSA) is 52.6 Å². The number of nitrogens with zero attached hydrogens (tertiary/aromatic N) is 1. The molecule has 0 aliphatic carbocycles. The van der Waals surface area contributed by atoms with Crippen LogP contribution in [0.1, 0.15) is 12.8 Å². The van der Waals surface area contributed by atoms with Gasteiger partial charge in [0.05, 0.1) is 6.54 Å². The number of rotatable bonds is 5. The molecule has 1 unspecified atom stereocenters. The van der Waals surface area contributed by atoms with E-state index in [9.17, 15) is 13.6 Å². The predicted molar refractivity (Wildman–Crippen MR) is 50.7 cm³/mol. The van der Waals surface area contributed by atoms with E-state index in [-0.39, 0.29) is 19.0 Å². The van der Waals surface area contributed by atoms with Crippen LogP contribution in [0.4, 0.5) is 8.78 Å². The zero-order valence-electron chi connectivity index (χ0n) is 8.46. The Bertz CT molecular complexity index is 208. The molecule has 1 rings (SSSR count). The molecule has 88 valence electrons. The summed E-state index contributed by atoms with van der Waals surface area (Å²) in [6.45, 7) is 1.26. The second kappa shape index (κ2) is 5.97. The predicted octanol–water partition coefficient (Wildman–Crippen LogP) is -0.176. The van der Waals surface area contributed by atoms with Crippen LogP contribution in [-0.2, 0) is 4.79 Å². The molecule has 2 N–H and O–H groups in total. The van der Waals surface area contributed by atoms with Gasteiger partial charge in [0.15, 0.2) is 0 Å². The van der Waals surface area contributed by atoms with Crippen molar-refractivity contribution in [2.24, 2.45) is 0 Å². The number of amides is 1. The van der Waals surface area contributed by atoms with Crippen LogP contribution < -0.4 is 5.32 Å². The average molecular weight is 222 g/mol. The molecule has 1 fully saturated rings. The van der Waals surface area contributed by atoms with Crippen molar-refractivity contribution < 1.29 is 18.7 Å². The Balaban J connectivity index is 2.11. The van der Waals surface area contributed by atoms with E-state index in [4.69, 9.17) is 5.11 Å². The third-order valence-electron chi connectivity index (χ3n) is 2.38. The maximum Gasteiger partial charge on any atom is 0.265 e. The number of carbonyl (C=O) groups excluding carboxylic acids is 1. The van der Waals surface area contributed by atoms with Gasteiger partial charge in [-0.2, -0.15) is 0 Å². The number of nitrogens with one attached hydrogen (secondary N) is 1. The minimum atomic E-state index is -2.76. The zero-order valence-corrected chi connectivity index (χ0v) is 8.46. The molecule has 4 nitrogen and oxygen atoms in total. The van der Waals surface area contributed by atoms with Crippen molar-refractivity contribution in [3.63, 3.8) is 0 Å². The van der Waals surface area contributed by atoms with Crippen LogP contribution in [0.25, 0.3) is 0 Å². The Hall–Kier alpha value is -0.750. The van der Waals surface area contributed by atoms with Gasteiger partial charge in [-0.1, -0.05) is 0 Å². The van der Waals surface area contributed by atoms with E-state index in [0.717, 1.165) is 25.9 Å². The number of alkyl halides is 2. The Morgan fingerprint density at radius 3 is 2.53 bits per heavy atom. The van der Waals surface area contributed by atoms with Gasteiger partial charge in [0.1, 0.15) is 6.10 Å². The van der Waals surface area contributed by atoms with Crippen LogP contribution in [0.3, 0.4) is 0 Å². The fraction of sp³-hybridized carbons (Fsp3) is 0.889. The molecular weight excluding hydrogens is 206 g/mol. The lowest BCUT2D eigenvalue weighted by molar-refractivity contribution is -0.129. The summed E-state index contributed by atoms with van der Waals surface area (Å²) in [5.41, 5.74) is 0. The van der Waals surface area contributed by atoms with Gasteiger partial charge in [-0.05, 0) is 12.8 Å². The summed E-state index contributed by atoms with van der Waals surface area (Å²) in [5.74, 6) is -0.0889. The van der Waals surface area contributed by atoms with Crippen LogP contribution in [0.2, 0.25) is 0 Å². The SMILES string of the molecule is O=C(CNCC(O)C(F)F)N1CCCC1. The van der Waals surface area contributed by atoms with Crippen molar-refractivity contribution in [1.82, 2.24) is 10.2 Å². The lowest BCUT2D eigenvalue weighted by Crippen LogP contribution is -2.40. The second-order valence-electron chi connectivity index (χ2n) is 3.62. The average Bonchev–Trinajstić information content (AvgIpc) is 2.70. The Kier molecular flexibility index (Phi) is 4.90. The number of hydrogen-bond donors (Lipinski definition) is 2.